The maximum atomic E-state index is 6.33. The first-order chi connectivity index (χ1) is 30.2. The standard InChI is InChI=1S/C55H32N4OS/c1-2-13-33(14-3-1)53-56-54(58-55(57-53)37-25-27-40-39-18-7-10-23-49(39)60-50(40)32-37)36-26-28-47(45(30-36)43-21-12-20-42-41-19-8-11-24-51(41)61-52(42)43)59-46-22-9-6-17-38(46)44-29-34-15-4-5-16-35(34)31-48(44)59/h1-32H. The molecule has 0 radical (unpaired) electrons. The summed E-state index contributed by atoms with van der Waals surface area (Å²) in [6, 6.07) is 68.7. The molecule has 6 heteroatoms. The zero-order chi connectivity index (χ0) is 40.0. The van der Waals surface area contributed by atoms with Gasteiger partial charge in [0.2, 0.25) is 0 Å². The quantitative estimate of drug-likeness (QED) is 0.174. The van der Waals surface area contributed by atoms with Crippen LogP contribution in [0.15, 0.2) is 199 Å². The molecule has 4 heterocycles. The van der Waals surface area contributed by atoms with Gasteiger partial charge < -0.3 is 8.98 Å². The summed E-state index contributed by atoms with van der Waals surface area (Å²) in [5, 5.41) is 9.53. The number of benzene rings is 9. The Morgan fingerprint density at radius 2 is 1.02 bits per heavy atom. The minimum Gasteiger partial charge on any atom is -0.456 e. The maximum Gasteiger partial charge on any atom is 0.164 e. The number of aromatic nitrogens is 4. The Hall–Kier alpha value is -7.93. The SMILES string of the molecule is c1ccc(-c2nc(-c3ccc(-n4c5ccccc5c5cc6ccccc6cc54)c(-c4cccc5c4sc4ccccc45)c3)nc(-c3ccc4c(c3)oc3ccccc34)n2)cc1. The lowest BCUT2D eigenvalue weighted by Gasteiger charge is -2.17. The third kappa shape index (κ3) is 5.36. The average Bonchev–Trinajstić information content (AvgIpc) is 4.00. The molecule has 0 fully saturated rings. The van der Waals surface area contributed by atoms with Crippen molar-refractivity contribution in [1.82, 2.24) is 19.5 Å². The number of nitrogens with zero attached hydrogens (tertiary/aromatic N) is 4. The Morgan fingerprint density at radius 1 is 0.377 bits per heavy atom. The molecule has 0 aliphatic heterocycles. The van der Waals surface area contributed by atoms with Crippen LogP contribution in [0.4, 0.5) is 0 Å². The zero-order valence-electron chi connectivity index (χ0n) is 32.6. The highest BCUT2D eigenvalue weighted by Crippen LogP contribution is 2.45. The van der Waals surface area contributed by atoms with Gasteiger partial charge in [-0.1, -0.05) is 133 Å². The largest absolute Gasteiger partial charge is 0.456 e. The fourth-order valence-electron chi connectivity index (χ4n) is 9.18. The van der Waals surface area contributed by atoms with E-state index in [1.165, 1.54) is 41.7 Å². The third-order valence-corrected chi connectivity index (χ3v) is 13.3. The molecule has 0 aliphatic carbocycles. The summed E-state index contributed by atoms with van der Waals surface area (Å²) in [7, 11) is 0. The number of thiophene rings is 1. The van der Waals surface area contributed by atoms with E-state index >= 15 is 0 Å². The van der Waals surface area contributed by atoms with E-state index < -0.39 is 0 Å². The Balaban J connectivity index is 1.09. The molecular formula is C55H32N4OS. The highest BCUT2D eigenvalue weighted by molar-refractivity contribution is 7.26. The van der Waals surface area contributed by atoms with Crippen molar-refractivity contribution < 1.29 is 4.42 Å². The molecule has 13 aromatic rings. The molecule has 0 bridgehead atoms. The van der Waals surface area contributed by atoms with Gasteiger partial charge in [-0.2, -0.15) is 0 Å². The van der Waals surface area contributed by atoms with Crippen LogP contribution >= 0.6 is 11.3 Å². The summed E-state index contributed by atoms with van der Waals surface area (Å²) >= 11 is 1.84. The van der Waals surface area contributed by atoms with E-state index in [4.69, 9.17) is 19.4 Å². The second-order valence-corrected chi connectivity index (χ2v) is 16.6. The average molecular weight is 797 g/mol. The first-order valence-corrected chi connectivity index (χ1v) is 21.2. The van der Waals surface area contributed by atoms with Crippen molar-refractivity contribution in [2.45, 2.75) is 0 Å². The van der Waals surface area contributed by atoms with E-state index in [0.29, 0.717) is 17.5 Å². The number of para-hydroxylation sites is 2. The van der Waals surface area contributed by atoms with Crippen LogP contribution < -0.4 is 0 Å². The van der Waals surface area contributed by atoms with Crippen LogP contribution in [0.25, 0.3) is 126 Å². The Bertz CT molecular complexity index is 3900. The van der Waals surface area contributed by atoms with E-state index in [2.05, 4.69) is 144 Å². The van der Waals surface area contributed by atoms with Gasteiger partial charge in [-0.15, -0.1) is 11.3 Å². The topological polar surface area (TPSA) is 56.7 Å². The van der Waals surface area contributed by atoms with Gasteiger partial charge in [0.1, 0.15) is 11.2 Å². The number of hydrogen-bond donors (Lipinski definition) is 0. The molecule has 5 nitrogen and oxygen atoms in total. The predicted molar refractivity (Wildman–Crippen MR) is 254 cm³/mol. The van der Waals surface area contributed by atoms with Crippen LogP contribution in [0, 0.1) is 0 Å². The molecule has 0 N–H and O–H groups in total. The Labute approximate surface area is 353 Å². The normalized spacial score (nSPS) is 11.9. The minimum atomic E-state index is 0.581. The van der Waals surface area contributed by atoms with Crippen molar-refractivity contribution >= 4 is 86.0 Å². The second-order valence-electron chi connectivity index (χ2n) is 15.6. The fraction of sp³-hybridized carbons (Fsp3) is 0. The Morgan fingerprint density at radius 3 is 1.87 bits per heavy atom. The van der Waals surface area contributed by atoms with E-state index in [1.54, 1.807) is 0 Å². The highest BCUT2D eigenvalue weighted by atomic mass is 32.1. The van der Waals surface area contributed by atoms with Crippen LogP contribution in [0.1, 0.15) is 0 Å². The molecule has 0 saturated heterocycles. The summed E-state index contributed by atoms with van der Waals surface area (Å²) in [5.41, 5.74) is 9.98. The lowest BCUT2D eigenvalue weighted by atomic mass is 9.98. The van der Waals surface area contributed by atoms with Crippen LogP contribution in [-0.2, 0) is 0 Å². The molecule has 13 rings (SSSR count). The molecule has 0 aliphatic rings. The first kappa shape index (κ1) is 34.0. The summed E-state index contributed by atoms with van der Waals surface area (Å²) in [6.07, 6.45) is 0. The molecular weight excluding hydrogens is 765 g/mol. The number of furan rings is 1. The van der Waals surface area contributed by atoms with Gasteiger partial charge in [-0.3, -0.25) is 0 Å². The van der Waals surface area contributed by atoms with Crippen molar-refractivity contribution in [2.24, 2.45) is 0 Å². The lowest BCUT2D eigenvalue weighted by Crippen LogP contribution is -2.02. The fourth-order valence-corrected chi connectivity index (χ4v) is 10.4. The molecule has 0 spiro atoms. The van der Waals surface area contributed by atoms with Gasteiger partial charge in [0, 0.05) is 69.5 Å². The van der Waals surface area contributed by atoms with Crippen LogP contribution in [0.3, 0.4) is 0 Å². The number of hydrogen-bond acceptors (Lipinski definition) is 5. The van der Waals surface area contributed by atoms with E-state index in [1.807, 2.05) is 65.9 Å². The van der Waals surface area contributed by atoms with Gasteiger partial charge in [0.25, 0.3) is 0 Å². The summed E-state index contributed by atoms with van der Waals surface area (Å²) in [6.45, 7) is 0. The second kappa shape index (κ2) is 13.3. The number of fused-ring (bicyclic) bond motifs is 10. The van der Waals surface area contributed by atoms with E-state index in [-0.39, 0.29) is 0 Å². The Kier molecular flexibility index (Phi) is 7.41. The molecule has 0 amide bonds. The molecule has 4 aromatic heterocycles. The molecule has 61 heavy (non-hydrogen) atoms. The van der Waals surface area contributed by atoms with Gasteiger partial charge >= 0.3 is 0 Å². The zero-order valence-corrected chi connectivity index (χ0v) is 33.4. The van der Waals surface area contributed by atoms with Gasteiger partial charge in [0.15, 0.2) is 17.5 Å². The maximum absolute atomic E-state index is 6.33. The van der Waals surface area contributed by atoms with Gasteiger partial charge in [0.05, 0.1) is 16.7 Å². The number of rotatable bonds is 5. The van der Waals surface area contributed by atoms with Gasteiger partial charge in [-0.05, 0) is 71.4 Å². The van der Waals surface area contributed by atoms with E-state index in [0.717, 1.165) is 66.5 Å². The van der Waals surface area contributed by atoms with Gasteiger partial charge in [-0.25, -0.2) is 15.0 Å². The minimum absolute atomic E-state index is 0.581. The summed E-state index contributed by atoms with van der Waals surface area (Å²) < 4.78 is 11.3. The molecule has 0 unspecified atom stereocenters. The smallest absolute Gasteiger partial charge is 0.164 e. The van der Waals surface area contributed by atoms with Crippen LogP contribution in [-0.4, -0.2) is 19.5 Å². The van der Waals surface area contributed by atoms with Crippen molar-refractivity contribution in [3.63, 3.8) is 0 Å². The highest BCUT2D eigenvalue weighted by Gasteiger charge is 2.21. The van der Waals surface area contributed by atoms with Crippen LogP contribution in [0.2, 0.25) is 0 Å². The molecule has 284 valence electrons. The summed E-state index contributed by atoms with van der Waals surface area (Å²) in [5.74, 6) is 1.78. The van der Waals surface area contributed by atoms with Crippen molar-refractivity contribution in [3.05, 3.63) is 194 Å². The van der Waals surface area contributed by atoms with Crippen molar-refractivity contribution in [3.8, 4) is 51.0 Å². The molecule has 9 aromatic carbocycles. The van der Waals surface area contributed by atoms with Crippen LogP contribution in [0.5, 0.6) is 0 Å². The monoisotopic (exact) mass is 796 g/mol. The lowest BCUT2D eigenvalue weighted by molar-refractivity contribution is 0.669. The van der Waals surface area contributed by atoms with Crippen molar-refractivity contribution in [1.29, 1.82) is 0 Å². The van der Waals surface area contributed by atoms with E-state index in [9.17, 15) is 0 Å². The third-order valence-electron chi connectivity index (χ3n) is 12.0. The van der Waals surface area contributed by atoms with Crippen molar-refractivity contribution in [2.75, 3.05) is 0 Å². The first-order valence-electron chi connectivity index (χ1n) is 20.4. The predicted octanol–water partition coefficient (Wildman–Crippen LogP) is 15.1. The molecule has 0 saturated carbocycles. The molecule has 0 atom stereocenters. The summed E-state index contributed by atoms with van der Waals surface area (Å²) in [4.78, 5) is 15.5.